The fourth-order valence-electron chi connectivity index (χ4n) is 2.38. The number of nitrogens with zero attached hydrogens (tertiary/aromatic N) is 2. The molecule has 0 radical (unpaired) electrons. The van der Waals surface area contributed by atoms with E-state index in [2.05, 4.69) is 5.32 Å². The number of anilines is 1. The van der Waals surface area contributed by atoms with E-state index in [4.69, 9.17) is 11.6 Å². The van der Waals surface area contributed by atoms with Crippen molar-refractivity contribution in [3.63, 3.8) is 0 Å². The molecule has 0 aromatic heterocycles. The van der Waals surface area contributed by atoms with Gasteiger partial charge in [0.1, 0.15) is 5.56 Å². The highest BCUT2D eigenvalue weighted by Crippen LogP contribution is 2.31. The predicted octanol–water partition coefficient (Wildman–Crippen LogP) is 2.91. The third-order valence-electron chi connectivity index (χ3n) is 3.48. The second kappa shape index (κ2) is 5.69. The summed E-state index contributed by atoms with van der Waals surface area (Å²) in [6.45, 7) is -0.132. The molecule has 7 nitrogen and oxygen atoms in total. The molecule has 3 rings (SSSR count). The lowest BCUT2D eigenvalue weighted by Crippen LogP contribution is -2.34. The Kier molecular flexibility index (Phi) is 3.71. The summed E-state index contributed by atoms with van der Waals surface area (Å²) in [6, 6.07) is 10.8. The van der Waals surface area contributed by atoms with Crippen molar-refractivity contribution in [3.05, 3.63) is 68.7 Å². The number of nitro groups is 1. The molecular weight excluding hydrogens is 322 g/mol. The molecule has 8 heteroatoms. The minimum absolute atomic E-state index is 0.0326. The second-order valence-electron chi connectivity index (χ2n) is 4.81. The van der Waals surface area contributed by atoms with Crippen LogP contribution in [0.3, 0.4) is 0 Å². The van der Waals surface area contributed by atoms with Crippen molar-refractivity contribution in [1.29, 1.82) is 0 Å². The third-order valence-corrected chi connectivity index (χ3v) is 3.80. The minimum Gasteiger partial charge on any atom is -0.366 e. The SMILES string of the molecule is O=C1c2cccc([N+](=O)[O-])c2C(=O)N1CNc1ccccc1Cl. The number of benzene rings is 2. The van der Waals surface area contributed by atoms with Gasteiger partial charge in [0.25, 0.3) is 17.5 Å². The molecule has 2 amide bonds. The van der Waals surface area contributed by atoms with Crippen LogP contribution in [0.5, 0.6) is 0 Å². The van der Waals surface area contributed by atoms with E-state index >= 15 is 0 Å². The van der Waals surface area contributed by atoms with Crippen LogP contribution in [0.25, 0.3) is 0 Å². The van der Waals surface area contributed by atoms with Crippen molar-refractivity contribution in [2.45, 2.75) is 0 Å². The molecule has 1 heterocycles. The predicted molar refractivity (Wildman–Crippen MR) is 83.5 cm³/mol. The lowest BCUT2D eigenvalue weighted by Gasteiger charge is -2.16. The first-order chi connectivity index (χ1) is 11.0. The van der Waals surface area contributed by atoms with Crippen molar-refractivity contribution in [2.75, 3.05) is 12.0 Å². The molecule has 0 unspecified atom stereocenters. The van der Waals surface area contributed by atoms with Crippen molar-refractivity contribution in [1.82, 2.24) is 4.90 Å². The molecule has 0 fully saturated rings. The molecule has 0 spiro atoms. The van der Waals surface area contributed by atoms with E-state index in [1.54, 1.807) is 24.3 Å². The van der Waals surface area contributed by atoms with E-state index in [-0.39, 0.29) is 23.5 Å². The van der Waals surface area contributed by atoms with Gasteiger partial charge in [0.2, 0.25) is 0 Å². The van der Waals surface area contributed by atoms with Gasteiger partial charge in [-0.1, -0.05) is 29.8 Å². The number of hydrogen-bond acceptors (Lipinski definition) is 5. The Bertz CT molecular complexity index is 837. The molecule has 1 N–H and O–H groups in total. The number of hydrogen-bond donors (Lipinski definition) is 1. The van der Waals surface area contributed by atoms with E-state index in [0.29, 0.717) is 10.7 Å². The number of nitro benzene ring substituents is 1. The van der Waals surface area contributed by atoms with Gasteiger partial charge < -0.3 is 5.32 Å². The second-order valence-corrected chi connectivity index (χ2v) is 5.22. The van der Waals surface area contributed by atoms with Crippen LogP contribution in [0, 0.1) is 10.1 Å². The molecule has 0 saturated heterocycles. The van der Waals surface area contributed by atoms with Crippen LogP contribution in [0.2, 0.25) is 5.02 Å². The van der Waals surface area contributed by atoms with Gasteiger partial charge in [0.15, 0.2) is 0 Å². The van der Waals surface area contributed by atoms with E-state index in [0.717, 1.165) is 4.90 Å². The number of carbonyl (C=O) groups excluding carboxylic acids is 2. The van der Waals surface area contributed by atoms with Gasteiger partial charge in [-0.05, 0) is 18.2 Å². The third kappa shape index (κ3) is 2.51. The zero-order valence-electron chi connectivity index (χ0n) is 11.7. The molecule has 1 aliphatic heterocycles. The van der Waals surface area contributed by atoms with Crippen LogP contribution < -0.4 is 5.32 Å². The molecule has 0 saturated carbocycles. The quantitative estimate of drug-likeness (QED) is 0.528. The summed E-state index contributed by atoms with van der Waals surface area (Å²) in [5.41, 5.74) is 0.0370. The highest BCUT2D eigenvalue weighted by Gasteiger charge is 2.40. The number of rotatable bonds is 4. The fraction of sp³-hybridized carbons (Fsp3) is 0.0667. The lowest BCUT2D eigenvalue weighted by molar-refractivity contribution is -0.385. The van der Waals surface area contributed by atoms with Gasteiger partial charge in [-0.25, -0.2) is 0 Å². The van der Waals surface area contributed by atoms with Gasteiger partial charge in [-0.3, -0.25) is 24.6 Å². The van der Waals surface area contributed by atoms with Crippen molar-refractivity contribution >= 4 is 34.8 Å². The number of halogens is 1. The Morgan fingerprint density at radius 2 is 1.83 bits per heavy atom. The first-order valence-electron chi connectivity index (χ1n) is 6.62. The molecule has 23 heavy (non-hydrogen) atoms. The highest BCUT2D eigenvalue weighted by atomic mass is 35.5. The van der Waals surface area contributed by atoms with E-state index in [1.165, 1.54) is 18.2 Å². The summed E-state index contributed by atoms with van der Waals surface area (Å²) in [5, 5.41) is 14.4. The van der Waals surface area contributed by atoms with Crippen LogP contribution in [-0.4, -0.2) is 28.3 Å². The van der Waals surface area contributed by atoms with Gasteiger partial charge in [-0.15, -0.1) is 0 Å². The van der Waals surface area contributed by atoms with Crippen molar-refractivity contribution < 1.29 is 14.5 Å². The van der Waals surface area contributed by atoms with Crippen LogP contribution in [0.1, 0.15) is 20.7 Å². The Morgan fingerprint density at radius 3 is 2.52 bits per heavy atom. The molecule has 2 aromatic rings. The van der Waals surface area contributed by atoms with Gasteiger partial charge in [0.05, 0.1) is 27.9 Å². The minimum atomic E-state index is -0.697. The van der Waals surface area contributed by atoms with Gasteiger partial charge >= 0.3 is 0 Å². The number of carbonyl (C=O) groups is 2. The lowest BCUT2D eigenvalue weighted by atomic mass is 10.1. The van der Waals surface area contributed by atoms with Gasteiger partial charge in [0, 0.05) is 6.07 Å². The number of imide groups is 1. The molecule has 116 valence electrons. The Morgan fingerprint density at radius 1 is 1.09 bits per heavy atom. The summed E-state index contributed by atoms with van der Waals surface area (Å²) >= 11 is 6.00. The van der Waals surface area contributed by atoms with E-state index in [9.17, 15) is 19.7 Å². The Hall–Kier alpha value is -2.93. The number of fused-ring (bicyclic) bond motifs is 1. The van der Waals surface area contributed by atoms with Crippen molar-refractivity contribution in [3.8, 4) is 0 Å². The van der Waals surface area contributed by atoms with Crippen LogP contribution >= 0.6 is 11.6 Å². The first kappa shape index (κ1) is 15.0. The number of amides is 2. The summed E-state index contributed by atoms with van der Waals surface area (Å²) in [6.07, 6.45) is 0. The molecule has 0 aliphatic carbocycles. The zero-order chi connectivity index (χ0) is 16.6. The Balaban J connectivity index is 1.88. The molecule has 1 aliphatic rings. The maximum atomic E-state index is 12.4. The summed E-state index contributed by atoms with van der Waals surface area (Å²) in [4.78, 5) is 35.9. The average molecular weight is 332 g/mol. The highest BCUT2D eigenvalue weighted by molar-refractivity contribution is 6.33. The maximum absolute atomic E-state index is 12.4. The summed E-state index contributed by atoms with van der Waals surface area (Å²) in [5.74, 6) is -1.27. The van der Waals surface area contributed by atoms with E-state index in [1.807, 2.05) is 0 Å². The standard InChI is InChI=1S/C15H10ClN3O4/c16-10-5-1-2-6-11(10)17-8-18-14(20)9-4-3-7-12(19(22)23)13(9)15(18)21/h1-7,17H,8H2. The number of para-hydroxylation sites is 1. The molecule has 0 atom stereocenters. The molecule has 0 bridgehead atoms. The van der Waals surface area contributed by atoms with Crippen molar-refractivity contribution in [2.24, 2.45) is 0 Å². The van der Waals surface area contributed by atoms with Gasteiger partial charge in [-0.2, -0.15) is 0 Å². The molecular formula is C15H10ClN3O4. The summed E-state index contributed by atoms with van der Waals surface area (Å²) < 4.78 is 0. The zero-order valence-corrected chi connectivity index (χ0v) is 12.4. The Labute approximate surface area is 135 Å². The summed E-state index contributed by atoms with van der Waals surface area (Å²) in [7, 11) is 0. The van der Waals surface area contributed by atoms with Crippen LogP contribution in [0.15, 0.2) is 42.5 Å². The van der Waals surface area contributed by atoms with Crippen LogP contribution in [-0.2, 0) is 0 Å². The number of nitrogens with one attached hydrogen (secondary N) is 1. The largest absolute Gasteiger partial charge is 0.366 e. The topological polar surface area (TPSA) is 92.5 Å². The molecule has 2 aromatic carbocycles. The monoisotopic (exact) mass is 331 g/mol. The first-order valence-corrected chi connectivity index (χ1v) is 7.00. The van der Waals surface area contributed by atoms with E-state index < -0.39 is 16.7 Å². The fourth-order valence-corrected chi connectivity index (χ4v) is 2.58. The normalized spacial score (nSPS) is 13.2. The maximum Gasteiger partial charge on any atom is 0.282 e. The smallest absolute Gasteiger partial charge is 0.282 e. The average Bonchev–Trinajstić information content (AvgIpc) is 2.78. The van der Waals surface area contributed by atoms with Crippen LogP contribution in [0.4, 0.5) is 11.4 Å².